The van der Waals surface area contributed by atoms with Gasteiger partial charge in [-0.2, -0.15) is 0 Å². The number of hydrogen-bond acceptors (Lipinski definition) is 1. The van der Waals surface area contributed by atoms with Crippen molar-refractivity contribution >= 4 is 0 Å². The van der Waals surface area contributed by atoms with Crippen molar-refractivity contribution in [2.45, 2.75) is 135 Å². The molecule has 3 rings (SSSR count). The molecule has 1 aromatic heterocycles. The molecule has 34 heavy (non-hydrogen) atoms. The first-order chi connectivity index (χ1) is 16.8. The lowest BCUT2D eigenvalue weighted by Gasteiger charge is -2.28. The molecule has 0 radical (unpaired) electrons. The first-order valence-corrected chi connectivity index (χ1v) is 14.9. The molecule has 0 atom stereocenters. The van der Waals surface area contributed by atoms with Crippen molar-refractivity contribution in [3.63, 3.8) is 0 Å². The van der Waals surface area contributed by atoms with E-state index in [0.717, 1.165) is 5.92 Å². The quantitative estimate of drug-likeness (QED) is 0.226. The standard InChI is InChI=1S/C33H51N/c1-3-5-7-9-11-13-15-28-17-21-30(22-18-28)32-25-26-33(34-27-32)31-23-19-29(20-24-31)16-14-12-10-8-6-4-2/h17-18,21-22,25-27,29,31H,3-16,19-20,23-24H2,1-2H3/t29-,31-. The van der Waals surface area contributed by atoms with Crippen LogP contribution in [0.15, 0.2) is 42.6 Å². The molecule has 1 heterocycles. The Kier molecular flexibility index (Phi) is 12.8. The predicted molar refractivity (Wildman–Crippen MR) is 149 cm³/mol. The fraction of sp³-hybridized carbons (Fsp3) is 0.667. The van der Waals surface area contributed by atoms with Crippen LogP contribution in [-0.2, 0) is 6.42 Å². The second kappa shape index (κ2) is 16.1. The van der Waals surface area contributed by atoms with E-state index >= 15 is 0 Å². The van der Waals surface area contributed by atoms with Gasteiger partial charge in [0.05, 0.1) is 0 Å². The van der Waals surface area contributed by atoms with E-state index < -0.39 is 0 Å². The van der Waals surface area contributed by atoms with Crippen LogP contribution in [0, 0.1) is 5.92 Å². The minimum absolute atomic E-state index is 0.676. The zero-order chi connectivity index (χ0) is 23.8. The van der Waals surface area contributed by atoms with Crippen LogP contribution < -0.4 is 0 Å². The second-order valence-electron chi connectivity index (χ2n) is 11.0. The highest BCUT2D eigenvalue weighted by Gasteiger charge is 2.22. The SMILES string of the molecule is CCCCCCCCc1ccc(-c2ccc([C@H]3CC[C@H](CCCCCCCC)CC3)nc2)cc1. The molecular weight excluding hydrogens is 410 g/mol. The number of rotatable bonds is 16. The highest BCUT2D eigenvalue weighted by Crippen LogP contribution is 2.37. The van der Waals surface area contributed by atoms with Crippen LogP contribution in [0.3, 0.4) is 0 Å². The van der Waals surface area contributed by atoms with E-state index in [1.54, 1.807) is 0 Å². The summed E-state index contributed by atoms with van der Waals surface area (Å²) < 4.78 is 0. The van der Waals surface area contributed by atoms with Gasteiger partial charge < -0.3 is 0 Å². The molecule has 0 unspecified atom stereocenters. The van der Waals surface area contributed by atoms with Crippen molar-refractivity contribution in [2.24, 2.45) is 5.92 Å². The van der Waals surface area contributed by atoms with E-state index in [-0.39, 0.29) is 0 Å². The summed E-state index contributed by atoms with van der Waals surface area (Å²) in [6, 6.07) is 13.8. The largest absolute Gasteiger partial charge is 0.260 e. The molecule has 0 N–H and O–H groups in total. The predicted octanol–water partition coefficient (Wildman–Crippen LogP) is 10.7. The summed E-state index contributed by atoms with van der Waals surface area (Å²) in [6.45, 7) is 4.59. The van der Waals surface area contributed by atoms with Gasteiger partial charge in [-0.05, 0) is 61.6 Å². The van der Waals surface area contributed by atoms with Gasteiger partial charge in [0.2, 0.25) is 0 Å². The number of unbranched alkanes of at least 4 members (excludes halogenated alkanes) is 10. The van der Waals surface area contributed by atoms with Gasteiger partial charge >= 0.3 is 0 Å². The van der Waals surface area contributed by atoms with Gasteiger partial charge in [-0.25, -0.2) is 0 Å². The van der Waals surface area contributed by atoms with Crippen molar-refractivity contribution in [1.29, 1.82) is 0 Å². The molecule has 1 heteroatoms. The van der Waals surface area contributed by atoms with Gasteiger partial charge in [0.25, 0.3) is 0 Å². The summed E-state index contributed by atoms with van der Waals surface area (Å²) in [5.41, 5.74) is 5.35. The maximum absolute atomic E-state index is 4.92. The zero-order valence-corrected chi connectivity index (χ0v) is 22.4. The smallest absolute Gasteiger partial charge is 0.0434 e. The normalized spacial score (nSPS) is 18.3. The third-order valence-corrected chi connectivity index (χ3v) is 8.12. The van der Waals surface area contributed by atoms with Gasteiger partial charge in [-0.3, -0.25) is 4.98 Å². The van der Waals surface area contributed by atoms with Gasteiger partial charge in [-0.1, -0.05) is 121 Å². The van der Waals surface area contributed by atoms with Crippen LogP contribution in [0.25, 0.3) is 11.1 Å². The Morgan fingerprint density at radius 2 is 1.21 bits per heavy atom. The molecule has 1 aliphatic rings. The highest BCUT2D eigenvalue weighted by molar-refractivity contribution is 5.62. The van der Waals surface area contributed by atoms with Crippen molar-refractivity contribution in [1.82, 2.24) is 4.98 Å². The number of nitrogens with zero attached hydrogens (tertiary/aromatic N) is 1. The van der Waals surface area contributed by atoms with Gasteiger partial charge in [-0.15, -0.1) is 0 Å². The molecule has 1 saturated carbocycles. The van der Waals surface area contributed by atoms with Crippen LogP contribution in [0.4, 0.5) is 0 Å². The van der Waals surface area contributed by atoms with E-state index in [0.29, 0.717) is 5.92 Å². The molecule has 1 aromatic carbocycles. The molecule has 0 aliphatic heterocycles. The first-order valence-electron chi connectivity index (χ1n) is 14.9. The van der Waals surface area contributed by atoms with E-state index in [1.807, 2.05) is 0 Å². The number of benzene rings is 1. The Morgan fingerprint density at radius 3 is 1.82 bits per heavy atom. The molecular formula is C33H51N. The summed E-state index contributed by atoms with van der Waals surface area (Å²) in [6.07, 6.45) is 27.0. The average Bonchev–Trinajstić information content (AvgIpc) is 2.89. The minimum Gasteiger partial charge on any atom is -0.260 e. The molecule has 188 valence electrons. The third kappa shape index (κ3) is 9.55. The van der Waals surface area contributed by atoms with Gasteiger partial charge in [0.1, 0.15) is 0 Å². The molecule has 0 spiro atoms. The Hall–Kier alpha value is -1.63. The Labute approximate surface area is 211 Å². The second-order valence-corrected chi connectivity index (χ2v) is 11.0. The molecule has 0 amide bonds. The van der Waals surface area contributed by atoms with E-state index in [9.17, 15) is 0 Å². The van der Waals surface area contributed by atoms with Crippen molar-refractivity contribution in [3.8, 4) is 11.1 Å². The number of aromatic nitrogens is 1. The van der Waals surface area contributed by atoms with Crippen LogP contribution >= 0.6 is 0 Å². The van der Waals surface area contributed by atoms with Gasteiger partial charge in [0.15, 0.2) is 0 Å². The molecule has 1 nitrogen and oxygen atoms in total. The molecule has 0 bridgehead atoms. The van der Waals surface area contributed by atoms with E-state index in [4.69, 9.17) is 4.98 Å². The average molecular weight is 462 g/mol. The maximum atomic E-state index is 4.92. The number of pyridine rings is 1. The summed E-state index contributed by atoms with van der Waals surface area (Å²) in [5.74, 6) is 1.64. The van der Waals surface area contributed by atoms with Crippen LogP contribution in [0.2, 0.25) is 0 Å². The number of hydrogen-bond donors (Lipinski definition) is 0. The van der Waals surface area contributed by atoms with Crippen molar-refractivity contribution in [2.75, 3.05) is 0 Å². The zero-order valence-electron chi connectivity index (χ0n) is 22.4. The van der Waals surface area contributed by atoms with Crippen LogP contribution in [0.1, 0.15) is 140 Å². The lowest BCUT2D eigenvalue weighted by molar-refractivity contribution is 0.299. The van der Waals surface area contributed by atoms with Crippen molar-refractivity contribution in [3.05, 3.63) is 53.9 Å². The summed E-state index contributed by atoms with van der Waals surface area (Å²) in [5, 5.41) is 0. The Balaban J connectivity index is 1.37. The van der Waals surface area contributed by atoms with E-state index in [1.165, 1.54) is 138 Å². The maximum Gasteiger partial charge on any atom is 0.0434 e. The monoisotopic (exact) mass is 461 g/mol. The van der Waals surface area contributed by atoms with Crippen molar-refractivity contribution < 1.29 is 0 Å². The molecule has 1 fully saturated rings. The van der Waals surface area contributed by atoms with Gasteiger partial charge in [0, 0.05) is 23.4 Å². The third-order valence-electron chi connectivity index (χ3n) is 8.12. The van der Waals surface area contributed by atoms with E-state index in [2.05, 4.69) is 56.4 Å². The lowest BCUT2D eigenvalue weighted by Crippen LogP contribution is -2.14. The summed E-state index contributed by atoms with van der Waals surface area (Å²) in [4.78, 5) is 4.92. The summed E-state index contributed by atoms with van der Waals surface area (Å²) >= 11 is 0. The molecule has 1 aliphatic carbocycles. The lowest BCUT2D eigenvalue weighted by atomic mass is 9.78. The fourth-order valence-corrected chi connectivity index (χ4v) is 5.75. The molecule has 0 saturated heterocycles. The first kappa shape index (κ1) is 27.0. The Bertz CT molecular complexity index is 752. The highest BCUT2D eigenvalue weighted by atomic mass is 14.7. The Morgan fingerprint density at radius 1 is 0.618 bits per heavy atom. The van der Waals surface area contributed by atoms with Crippen LogP contribution in [-0.4, -0.2) is 4.98 Å². The minimum atomic E-state index is 0.676. The molecule has 2 aromatic rings. The fourth-order valence-electron chi connectivity index (χ4n) is 5.75. The number of aryl methyl sites for hydroxylation is 1. The van der Waals surface area contributed by atoms with Crippen LogP contribution in [0.5, 0.6) is 0 Å². The topological polar surface area (TPSA) is 12.9 Å². The summed E-state index contributed by atoms with van der Waals surface area (Å²) in [7, 11) is 0.